The van der Waals surface area contributed by atoms with Gasteiger partial charge >= 0.3 is 0 Å². The second-order valence-corrected chi connectivity index (χ2v) is 5.98. The average molecular weight is 329 g/mol. The number of nitrogens with zero attached hydrogens (tertiary/aromatic N) is 6. The Balaban J connectivity index is 1.64. The molecule has 0 unspecified atom stereocenters. The van der Waals surface area contributed by atoms with Crippen LogP contribution >= 0.6 is 0 Å². The highest BCUT2D eigenvalue weighted by Gasteiger charge is 2.31. The number of rotatable bonds is 6. The van der Waals surface area contributed by atoms with Crippen molar-refractivity contribution in [1.82, 2.24) is 29.6 Å². The van der Waals surface area contributed by atoms with E-state index >= 15 is 0 Å². The molecule has 1 fully saturated rings. The summed E-state index contributed by atoms with van der Waals surface area (Å²) in [5.41, 5.74) is 0.925. The van der Waals surface area contributed by atoms with Crippen LogP contribution in [-0.2, 0) is 11.3 Å². The van der Waals surface area contributed by atoms with Crippen LogP contribution in [0.25, 0.3) is 0 Å². The number of nitrogens with one attached hydrogen (secondary N) is 1. The van der Waals surface area contributed by atoms with Crippen LogP contribution in [0, 0.1) is 6.92 Å². The van der Waals surface area contributed by atoms with Crippen molar-refractivity contribution < 1.29 is 4.79 Å². The van der Waals surface area contributed by atoms with Gasteiger partial charge < -0.3 is 10.2 Å². The average Bonchev–Trinajstić information content (AvgIpc) is 3.25. The van der Waals surface area contributed by atoms with Gasteiger partial charge in [0.15, 0.2) is 0 Å². The molecule has 1 N–H and O–H groups in total. The summed E-state index contributed by atoms with van der Waals surface area (Å²) in [6.45, 7) is 3.38. The molecule has 8 nitrogen and oxygen atoms in total. The predicted octanol–water partition coefficient (Wildman–Crippen LogP) is 1.56. The van der Waals surface area contributed by atoms with E-state index in [1.165, 1.54) is 6.33 Å². The Kier molecular flexibility index (Phi) is 5.02. The molecule has 24 heavy (non-hydrogen) atoms. The third-order valence-corrected chi connectivity index (χ3v) is 4.27. The van der Waals surface area contributed by atoms with Gasteiger partial charge in [-0.15, -0.1) is 0 Å². The van der Waals surface area contributed by atoms with E-state index < -0.39 is 0 Å². The van der Waals surface area contributed by atoms with Gasteiger partial charge in [0.05, 0.1) is 11.7 Å². The maximum Gasteiger partial charge on any atom is 0.223 e. The van der Waals surface area contributed by atoms with Crippen molar-refractivity contribution >= 4 is 11.7 Å². The second-order valence-electron chi connectivity index (χ2n) is 5.98. The Morgan fingerprint density at radius 2 is 2.29 bits per heavy atom. The van der Waals surface area contributed by atoms with Crippen LogP contribution in [0.3, 0.4) is 0 Å². The summed E-state index contributed by atoms with van der Waals surface area (Å²) in [5.74, 6) is 1.70. The fourth-order valence-electron chi connectivity index (χ4n) is 3.15. The van der Waals surface area contributed by atoms with Crippen molar-refractivity contribution in [2.45, 2.75) is 45.2 Å². The lowest BCUT2D eigenvalue weighted by Gasteiger charge is -2.25. The number of hydrogen-bond donors (Lipinski definition) is 1. The molecule has 2 aromatic heterocycles. The number of carbonyl (C=O) groups excluding carboxylic acids is 1. The summed E-state index contributed by atoms with van der Waals surface area (Å²) >= 11 is 0. The van der Waals surface area contributed by atoms with E-state index in [2.05, 4.69) is 25.4 Å². The Morgan fingerprint density at radius 3 is 3.04 bits per heavy atom. The van der Waals surface area contributed by atoms with Crippen molar-refractivity contribution in [3.63, 3.8) is 0 Å². The van der Waals surface area contributed by atoms with Gasteiger partial charge in [0.1, 0.15) is 24.3 Å². The molecule has 1 saturated heterocycles. The van der Waals surface area contributed by atoms with Crippen LogP contribution in [0.4, 0.5) is 5.82 Å². The third kappa shape index (κ3) is 3.69. The summed E-state index contributed by atoms with van der Waals surface area (Å²) < 4.78 is 1.75. The Labute approximate surface area is 141 Å². The van der Waals surface area contributed by atoms with Gasteiger partial charge in [-0.1, -0.05) is 0 Å². The molecule has 1 amide bonds. The summed E-state index contributed by atoms with van der Waals surface area (Å²) in [5, 5.41) is 7.11. The molecule has 1 aliphatic rings. The van der Waals surface area contributed by atoms with Crippen LogP contribution in [0.15, 0.2) is 18.7 Å². The molecular weight excluding hydrogens is 306 g/mol. The van der Waals surface area contributed by atoms with Gasteiger partial charge in [-0.2, -0.15) is 5.10 Å². The SMILES string of the molecule is CNc1cc([C@@H]2CCCN2C(=O)CCCn2cncn2)nc(C)n1. The van der Waals surface area contributed by atoms with E-state index in [1.54, 1.807) is 11.0 Å². The normalized spacial score (nSPS) is 17.2. The van der Waals surface area contributed by atoms with E-state index in [0.717, 1.165) is 43.1 Å². The molecule has 0 saturated carbocycles. The predicted molar refractivity (Wildman–Crippen MR) is 89.3 cm³/mol. The fraction of sp³-hybridized carbons (Fsp3) is 0.562. The molecule has 0 aromatic carbocycles. The first kappa shape index (κ1) is 16.4. The molecule has 0 spiro atoms. The molecule has 0 radical (unpaired) electrons. The Bertz CT molecular complexity index is 686. The minimum Gasteiger partial charge on any atom is -0.373 e. The molecule has 3 rings (SSSR count). The smallest absolute Gasteiger partial charge is 0.223 e. The molecular formula is C16H23N7O. The maximum atomic E-state index is 12.6. The van der Waals surface area contributed by atoms with Crippen LogP contribution in [-0.4, -0.2) is 49.1 Å². The summed E-state index contributed by atoms with van der Waals surface area (Å²) in [6.07, 6.45) is 6.42. The third-order valence-electron chi connectivity index (χ3n) is 4.27. The Morgan fingerprint density at radius 1 is 1.42 bits per heavy atom. The maximum absolute atomic E-state index is 12.6. The highest BCUT2D eigenvalue weighted by Crippen LogP contribution is 2.32. The van der Waals surface area contributed by atoms with Crippen LogP contribution in [0.5, 0.6) is 0 Å². The molecule has 0 bridgehead atoms. The minimum atomic E-state index is 0.0534. The standard InChI is InChI=1S/C16H23N7O/c1-12-20-13(9-15(17-2)21-12)14-5-3-8-23(14)16(24)6-4-7-22-11-18-10-19-22/h9-11,14H,3-8H2,1-2H3,(H,17,20,21)/t14-/m0/s1. The first-order chi connectivity index (χ1) is 11.7. The first-order valence-corrected chi connectivity index (χ1v) is 8.32. The number of amides is 1. The molecule has 1 aliphatic heterocycles. The summed E-state index contributed by atoms with van der Waals surface area (Å²) in [6, 6.07) is 2.00. The van der Waals surface area contributed by atoms with Crippen molar-refractivity contribution in [2.24, 2.45) is 0 Å². The fourth-order valence-corrected chi connectivity index (χ4v) is 3.15. The second kappa shape index (κ2) is 7.37. The monoisotopic (exact) mass is 329 g/mol. The Hall–Kier alpha value is -2.51. The van der Waals surface area contributed by atoms with E-state index in [9.17, 15) is 4.79 Å². The molecule has 3 heterocycles. The zero-order valence-corrected chi connectivity index (χ0v) is 14.1. The zero-order valence-electron chi connectivity index (χ0n) is 14.1. The lowest BCUT2D eigenvalue weighted by molar-refractivity contribution is -0.132. The van der Waals surface area contributed by atoms with Crippen molar-refractivity contribution in [3.05, 3.63) is 30.2 Å². The number of likely N-dealkylation sites (tertiary alicyclic amines) is 1. The molecule has 1 atom stereocenters. The van der Waals surface area contributed by atoms with Crippen LogP contribution in [0.2, 0.25) is 0 Å². The molecule has 2 aromatic rings. The van der Waals surface area contributed by atoms with E-state index in [-0.39, 0.29) is 11.9 Å². The van der Waals surface area contributed by atoms with Crippen molar-refractivity contribution in [3.8, 4) is 0 Å². The van der Waals surface area contributed by atoms with Gasteiger partial charge in [0.25, 0.3) is 0 Å². The van der Waals surface area contributed by atoms with Gasteiger partial charge in [0.2, 0.25) is 5.91 Å². The molecule has 8 heteroatoms. The van der Waals surface area contributed by atoms with E-state index in [1.807, 2.05) is 24.9 Å². The topological polar surface area (TPSA) is 88.8 Å². The number of anilines is 1. The lowest BCUT2D eigenvalue weighted by atomic mass is 10.1. The number of aromatic nitrogens is 5. The first-order valence-electron chi connectivity index (χ1n) is 8.32. The largest absolute Gasteiger partial charge is 0.373 e. The molecule has 0 aliphatic carbocycles. The van der Waals surface area contributed by atoms with Crippen LogP contribution < -0.4 is 5.32 Å². The zero-order chi connectivity index (χ0) is 16.9. The van der Waals surface area contributed by atoms with Crippen molar-refractivity contribution in [2.75, 3.05) is 18.9 Å². The summed E-state index contributed by atoms with van der Waals surface area (Å²) in [7, 11) is 1.84. The molecule has 128 valence electrons. The summed E-state index contributed by atoms with van der Waals surface area (Å²) in [4.78, 5) is 27.4. The van der Waals surface area contributed by atoms with Gasteiger partial charge in [-0.3, -0.25) is 9.48 Å². The highest BCUT2D eigenvalue weighted by atomic mass is 16.2. The number of aryl methyl sites for hydroxylation is 2. The van der Waals surface area contributed by atoms with Crippen LogP contribution in [0.1, 0.15) is 43.2 Å². The minimum absolute atomic E-state index is 0.0534. The van der Waals surface area contributed by atoms with Gasteiger partial charge in [-0.25, -0.2) is 15.0 Å². The van der Waals surface area contributed by atoms with Crippen molar-refractivity contribution in [1.29, 1.82) is 0 Å². The highest BCUT2D eigenvalue weighted by molar-refractivity contribution is 5.77. The number of hydrogen-bond acceptors (Lipinski definition) is 6. The van der Waals surface area contributed by atoms with E-state index in [0.29, 0.717) is 13.0 Å². The van der Waals surface area contributed by atoms with Gasteiger partial charge in [0, 0.05) is 32.6 Å². The lowest BCUT2D eigenvalue weighted by Crippen LogP contribution is -2.31. The number of carbonyl (C=O) groups is 1. The van der Waals surface area contributed by atoms with Gasteiger partial charge in [-0.05, 0) is 26.2 Å². The van der Waals surface area contributed by atoms with E-state index in [4.69, 9.17) is 0 Å². The quantitative estimate of drug-likeness (QED) is 0.865.